The van der Waals surface area contributed by atoms with Crippen molar-refractivity contribution < 1.29 is 4.79 Å². The molecule has 2 rings (SSSR count). The number of carbonyl (C=O) groups is 1. The van der Waals surface area contributed by atoms with Crippen molar-refractivity contribution in [2.24, 2.45) is 5.92 Å². The maximum atomic E-state index is 11.4. The summed E-state index contributed by atoms with van der Waals surface area (Å²) < 4.78 is 0. The number of benzene rings is 1. The standard InChI is InChI=1S/C17H23N3O/c1-12(2)17(21)19-9-8-18-11-14-5-7-16-15(10-14)6-4-13(3)20-16/h4-7,10,12,18H,8-9,11H2,1-3H3,(H,19,21). The summed E-state index contributed by atoms with van der Waals surface area (Å²) in [5.41, 5.74) is 3.29. The molecule has 2 N–H and O–H groups in total. The summed E-state index contributed by atoms with van der Waals surface area (Å²) in [6.45, 7) is 8.01. The summed E-state index contributed by atoms with van der Waals surface area (Å²) in [4.78, 5) is 15.9. The van der Waals surface area contributed by atoms with E-state index in [0.717, 1.165) is 29.7 Å². The Labute approximate surface area is 126 Å². The lowest BCUT2D eigenvalue weighted by molar-refractivity contribution is -0.123. The number of aryl methyl sites for hydroxylation is 1. The molecule has 0 radical (unpaired) electrons. The van der Waals surface area contributed by atoms with Gasteiger partial charge < -0.3 is 10.6 Å². The lowest BCUT2D eigenvalue weighted by atomic mass is 10.1. The predicted octanol–water partition coefficient (Wildman–Crippen LogP) is 2.41. The summed E-state index contributed by atoms with van der Waals surface area (Å²) in [5, 5.41) is 7.39. The van der Waals surface area contributed by atoms with Crippen molar-refractivity contribution in [1.82, 2.24) is 15.6 Å². The summed E-state index contributed by atoms with van der Waals surface area (Å²) in [6, 6.07) is 10.4. The van der Waals surface area contributed by atoms with Gasteiger partial charge in [0.15, 0.2) is 0 Å². The molecule has 0 aliphatic carbocycles. The number of rotatable bonds is 6. The van der Waals surface area contributed by atoms with Crippen molar-refractivity contribution in [3.05, 3.63) is 41.6 Å². The van der Waals surface area contributed by atoms with Crippen LogP contribution in [-0.2, 0) is 11.3 Å². The number of pyridine rings is 1. The van der Waals surface area contributed by atoms with Crippen LogP contribution in [0.1, 0.15) is 25.1 Å². The van der Waals surface area contributed by atoms with E-state index in [1.807, 2.05) is 26.8 Å². The van der Waals surface area contributed by atoms with Crippen LogP contribution in [0.5, 0.6) is 0 Å². The fourth-order valence-electron chi connectivity index (χ4n) is 2.10. The molecule has 2 aromatic rings. The second-order valence-corrected chi connectivity index (χ2v) is 5.60. The van der Waals surface area contributed by atoms with Crippen molar-refractivity contribution in [3.8, 4) is 0 Å². The lowest BCUT2D eigenvalue weighted by Crippen LogP contribution is -2.34. The van der Waals surface area contributed by atoms with Crippen molar-refractivity contribution in [2.75, 3.05) is 13.1 Å². The fourth-order valence-corrected chi connectivity index (χ4v) is 2.10. The molecule has 0 saturated heterocycles. The first-order valence-electron chi connectivity index (χ1n) is 7.41. The summed E-state index contributed by atoms with van der Waals surface area (Å²) in [7, 11) is 0. The molecule has 1 amide bonds. The average molecular weight is 285 g/mol. The topological polar surface area (TPSA) is 54.0 Å². The largest absolute Gasteiger partial charge is 0.355 e. The molecule has 4 nitrogen and oxygen atoms in total. The van der Waals surface area contributed by atoms with Crippen LogP contribution < -0.4 is 10.6 Å². The van der Waals surface area contributed by atoms with Crippen LogP contribution in [0, 0.1) is 12.8 Å². The van der Waals surface area contributed by atoms with Gasteiger partial charge in [-0.2, -0.15) is 0 Å². The summed E-state index contributed by atoms with van der Waals surface area (Å²) >= 11 is 0. The summed E-state index contributed by atoms with van der Waals surface area (Å²) in [6.07, 6.45) is 0. The minimum atomic E-state index is 0.0430. The van der Waals surface area contributed by atoms with Crippen molar-refractivity contribution in [3.63, 3.8) is 0 Å². The van der Waals surface area contributed by atoms with Crippen LogP contribution in [0.2, 0.25) is 0 Å². The first-order valence-corrected chi connectivity index (χ1v) is 7.41. The molecule has 0 fully saturated rings. The molecule has 1 aromatic heterocycles. The number of carbonyl (C=O) groups excluding carboxylic acids is 1. The van der Waals surface area contributed by atoms with Gasteiger partial charge >= 0.3 is 0 Å². The number of hydrogen-bond acceptors (Lipinski definition) is 3. The summed E-state index contributed by atoms with van der Waals surface area (Å²) in [5.74, 6) is 0.144. The Morgan fingerprint density at radius 1 is 1.19 bits per heavy atom. The van der Waals surface area contributed by atoms with E-state index in [-0.39, 0.29) is 11.8 Å². The molecule has 0 unspecified atom stereocenters. The van der Waals surface area contributed by atoms with E-state index < -0.39 is 0 Å². The number of hydrogen-bond donors (Lipinski definition) is 2. The van der Waals surface area contributed by atoms with E-state index in [1.165, 1.54) is 5.56 Å². The van der Waals surface area contributed by atoms with E-state index in [4.69, 9.17) is 0 Å². The van der Waals surface area contributed by atoms with Crippen LogP contribution in [0.15, 0.2) is 30.3 Å². The number of amides is 1. The van der Waals surface area contributed by atoms with E-state index >= 15 is 0 Å². The van der Waals surface area contributed by atoms with E-state index in [0.29, 0.717) is 6.54 Å². The minimum Gasteiger partial charge on any atom is -0.355 e. The van der Waals surface area contributed by atoms with Crippen LogP contribution >= 0.6 is 0 Å². The average Bonchev–Trinajstić information content (AvgIpc) is 2.46. The Morgan fingerprint density at radius 3 is 2.76 bits per heavy atom. The first-order chi connectivity index (χ1) is 10.1. The second-order valence-electron chi connectivity index (χ2n) is 5.60. The highest BCUT2D eigenvalue weighted by Crippen LogP contribution is 2.14. The molecule has 21 heavy (non-hydrogen) atoms. The predicted molar refractivity (Wildman–Crippen MR) is 86.0 cm³/mol. The molecule has 0 aliphatic heterocycles. The van der Waals surface area contributed by atoms with E-state index in [2.05, 4.69) is 39.9 Å². The highest BCUT2D eigenvalue weighted by Gasteiger charge is 2.04. The van der Waals surface area contributed by atoms with Crippen LogP contribution in [0.3, 0.4) is 0 Å². The quantitative estimate of drug-likeness (QED) is 0.801. The van der Waals surface area contributed by atoms with Crippen LogP contribution in [0.25, 0.3) is 10.9 Å². The van der Waals surface area contributed by atoms with E-state index in [1.54, 1.807) is 0 Å². The highest BCUT2D eigenvalue weighted by molar-refractivity contribution is 5.79. The number of nitrogens with one attached hydrogen (secondary N) is 2. The molecule has 0 bridgehead atoms. The fraction of sp³-hybridized carbons (Fsp3) is 0.412. The second kappa shape index (κ2) is 7.18. The zero-order valence-electron chi connectivity index (χ0n) is 12.9. The Kier molecular flexibility index (Phi) is 5.28. The number of fused-ring (bicyclic) bond motifs is 1. The van der Waals surface area contributed by atoms with Gasteiger partial charge in [0.1, 0.15) is 0 Å². The molecule has 1 heterocycles. The Balaban J connectivity index is 1.81. The molecule has 0 saturated carbocycles. The maximum absolute atomic E-state index is 11.4. The van der Waals surface area contributed by atoms with Crippen molar-refractivity contribution in [2.45, 2.75) is 27.3 Å². The molecule has 0 aliphatic rings. The van der Waals surface area contributed by atoms with Gasteiger partial charge in [-0.25, -0.2) is 0 Å². The SMILES string of the molecule is Cc1ccc2cc(CNCCNC(=O)C(C)C)ccc2n1. The third-order valence-electron chi connectivity index (χ3n) is 3.35. The van der Waals surface area contributed by atoms with Gasteiger partial charge in [0, 0.05) is 36.6 Å². The molecule has 112 valence electrons. The van der Waals surface area contributed by atoms with Crippen molar-refractivity contribution >= 4 is 16.8 Å². The minimum absolute atomic E-state index is 0.0430. The monoisotopic (exact) mass is 285 g/mol. The van der Waals surface area contributed by atoms with Gasteiger partial charge in [0.25, 0.3) is 0 Å². The van der Waals surface area contributed by atoms with Gasteiger partial charge in [-0.1, -0.05) is 26.0 Å². The van der Waals surface area contributed by atoms with Crippen LogP contribution in [-0.4, -0.2) is 24.0 Å². The molecule has 1 aromatic carbocycles. The molecular weight excluding hydrogens is 262 g/mol. The van der Waals surface area contributed by atoms with Crippen molar-refractivity contribution in [1.29, 1.82) is 0 Å². The zero-order chi connectivity index (χ0) is 15.2. The smallest absolute Gasteiger partial charge is 0.222 e. The number of aromatic nitrogens is 1. The third kappa shape index (κ3) is 4.53. The molecule has 0 atom stereocenters. The normalized spacial score (nSPS) is 11.0. The van der Waals surface area contributed by atoms with Gasteiger partial charge in [0.05, 0.1) is 5.52 Å². The first kappa shape index (κ1) is 15.4. The Morgan fingerprint density at radius 2 is 2.00 bits per heavy atom. The molecule has 4 heteroatoms. The van der Waals surface area contributed by atoms with Gasteiger partial charge in [-0.05, 0) is 30.7 Å². The van der Waals surface area contributed by atoms with Crippen LogP contribution in [0.4, 0.5) is 0 Å². The Bertz CT molecular complexity index is 622. The zero-order valence-corrected chi connectivity index (χ0v) is 12.9. The highest BCUT2D eigenvalue weighted by atomic mass is 16.1. The maximum Gasteiger partial charge on any atom is 0.222 e. The van der Waals surface area contributed by atoms with Gasteiger partial charge in [0.2, 0.25) is 5.91 Å². The van der Waals surface area contributed by atoms with Gasteiger partial charge in [-0.15, -0.1) is 0 Å². The number of nitrogens with zero attached hydrogens (tertiary/aromatic N) is 1. The van der Waals surface area contributed by atoms with Gasteiger partial charge in [-0.3, -0.25) is 9.78 Å². The Hall–Kier alpha value is -1.94. The molecular formula is C17H23N3O. The third-order valence-corrected chi connectivity index (χ3v) is 3.35. The molecule has 0 spiro atoms. The van der Waals surface area contributed by atoms with E-state index in [9.17, 15) is 4.79 Å². The lowest BCUT2D eigenvalue weighted by Gasteiger charge is -2.09.